The van der Waals surface area contributed by atoms with E-state index < -0.39 is 6.10 Å². The number of hydrogen-bond acceptors (Lipinski definition) is 6. The molecular formula is C21H29N5O3. The van der Waals surface area contributed by atoms with Crippen molar-refractivity contribution in [2.24, 2.45) is 0 Å². The van der Waals surface area contributed by atoms with Crippen LogP contribution in [-0.4, -0.2) is 37.8 Å². The van der Waals surface area contributed by atoms with E-state index in [1.54, 1.807) is 6.92 Å². The third kappa shape index (κ3) is 4.36. The summed E-state index contributed by atoms with van der Waals surface area (Å²) in [6.07, 6.45) is 5.99. The molecule has 0 bridgehead atoms. The van der Waals surface area contributed by atoms with E-state index in [0.717, 1.165) is 30.6 Å². The number of fused-ring (bicyclic) bond motifs is 1. The highest BCUT2D eigenvalue weighted by atomic mass is 16.5. The van der Waals surface area contributed by atoms with Gasteiger partial charge in [-0.15, -0.1) is 5.10 Å². The lowest BCUT2D eigenvalue weighted by molar-refractivity contribution is -0.127. The number of aromatic nitrogens is 4. The van der Waals surface area contributed by atoms with Gasteiger partial charge in [-0.25, -0.2) is 4.68 Å². The standard InChI is InChI=1S/C21H29N5O3/c1-14(28-17-11-7-8-15-12-21(2,3)29-19(15)17)20(27)22-13-18-23-24-25-26(18)16-9-5-4-6-10-16/h7-8,11,14,16H,4-6,9-10,12-13H2,1-3H3,(H,22,27). The Morgan fingerprint density at radius 3 is 2.93 bits per heavy atom. The minimum absolute atomic E-state index is 0.210. The zero-order chi connectivity index (χ0) is 20.4. The predicted molar refractivity (Wildman–Crippen MR) is 107 cm³/mol. The first-order valence-corrected chi connectivity index (χ1v) is 10.4. The van der Waals surface area contributed by atoms with Crippen LogP contribution in [-0.2, 0) is 17.8 Å². The number of benzene rings is 1. The van der Waals surface area contributed by atoms with Crippen LogP contribution in [0.2, 0.25) is 0 Å². The SMILES string of the molecule is CC(Oc1cccc2c1OC(C)(C)C2)C(=O)NCc1nnnn1C1CCCCC1. The third-order valence-electron chi connectivity index (χ3n) is 5.63. The highest BCUT2D eigenvalue weighted by molar-refractivity contribution is 5.80. The zero-order valence-electron chi connectivity index (χ0n) is 17.4. The summed E-state index contributed by atoms with van der Waals surface area (Å²) in [6, 6.07) is 6.13. The van der Waals surface area contributed by atoms with Crippen molar-refractivity contribution in [3.63, 3.8) is 0 Å². The van der Waals surface area contributed by atoms with Gasteiger partial charge in [0.2, 0.25) is 0 Å². The van der Waals surface area contributed by atoms with E-state index in [-0.39, 0.29) is 18.1 Å². The molecule has 8 nitrogen and oxygen atoms in total. The van der Waals surface area contributed by atoms with Crippen LogP contribution >= 0.6 is 0 Å². The van der Waals surface area contributed by atoms with E-state index in [4.69, 9.17) is 9.47 Å². The van der Waals surface area contributed by atoms with Gasteiger partial charge < -0.3 is 14.8 Å². The minimum Gasteiger partial charge on any atom is -0.483 e. The first kappa shape index (κ1) is 19.7. The summed E-state index contributed by atoms with van der Waals surface area (Å²) in [5.74, 6) is 1.81. The smallest absolute Gasteiger partial charge is 0.261 e. The number of nitrogens with zero attached hydrogens (tertiary/aromatic N) is 4. The maximum Gasteiger partial charge on any atom is 0.261 e. The van der Waals surface area contributed by atoms with E-state index in [0.29, 0.717) is 17.6 Å². The molecule has 1 amide bonds. The number of nitrogens with one attached hydrogen (secondary N) is 1. The Labute approximate surface area is 171 Å². The van der Waals surface area contributed by atoms with E-state index in [2.05, 4.69) is 20.8 Å². The lowest BCUT2D eigenvalue weighted by atomic mass is 9.95. The van der Waals surface area contributed by atoms with Crippen molar-refractivity contribution >= 4 is 5.91 Å². The van der Waals surface area contributed by atoms with Gasteiger partial charge in [0, 0.05) is 12.0 Å². The number of amides is 1. The van der Waals surface area contributed by atoms with E-state index >= 15 is 0 Å². The van der Waals surface area contributed by atoms with Gasteiger partial charge in [0.25, 0.3) is 5.91 Å². The molecule has 1 saturated carbocycles. The van der Waals surface area contributed by atoms with Crippen molar-refractivity contribution in [1.82, 2.24) is 25.5 Å². The Morgan fingerprint density at radius 1 is 1.34 bits per heavy atom. The van der Waals surface area contributed by atoms with Crippen molar-refractivity contribution in [3.8, 4) is 11.5 Å². The summed E-state index contributed by atoms with van der Waals surface area (Å²) in [5, 5.41) is 14.9. The molecule has 1 aliphatic heterocycles. The van der Waals surface area contributed by atoms with Gasteiger partial charge in [-0.3, -0.25) is 4.79 Å². The molecule has 156 valence electrons. The fourth-order valence-electron chi connectivity index (χ4n) is 4.17. The van der Waals surface area contributed by atoms with Gasteiger partial charge in [0.1, 0.15) is 5.60 Å². The van der Waals surface area contributed by atoms with E-state index in [1.807, 2.05) is 36.7 Å². The number of para-hydroxylation sites is 1. The second-order valence-electron chi connectivity index (χ2n) is 8.59. The minimum atomic E-state index is -0.659. The molecule has 1 N–H and O–H groups in total. The molecule has 0 saturated heterocycles. The average Bonchev–Trinajstić information content (AvgIpc) is 3.29. The Morgan fingerprint density at radius 2 is 2.14 bits per heavy atom. The zero-order valence-corrected chi connectivity index (χ0v) is 17.4. The summed E-state index contributed by atoms with van der Waals surface area (Å²) in [6.45, 7) is 6.11. The molecule has 1 unspecified atom stereocenters. The Hall–Kier alpha value is -2.64. The Kier molecular flexibility index (Phi) is 5.43. The van der Waals surface area contributed by atoms with Crippen molar-refractivity contribution in [2.75, 3.05) is 0 Å². The molecule has 1 aromatic heterocycles. The first-order valence-electron chi connectivity index (χ1n) is 10.4. The van der Waals surface area contributed by atoms with Gasteiger partial charge in [0.15, 0.2) is 23.4 Å². The highest BCUT2D eigenvalue weighted by Gasteiger charge is 2.33. The lowest BCUT2D eigenvalue weighted by Gasteiger charge is -2.22. The molecule has 0 radical (unpaired) electrons. The van der Waals surface area contributed by atoms with Crippen LogP contribution in [0, 0.1) is 0 Å². The van der Waals surface area contributed by atoms with Gasteiger partial charge in [-0.1, -0.05) is 31.4 Å². The molecule has 2 aromatic rings. The van der Waals surface area contributed by atoms with Crippen molar-refractivity contribution in [3.05, 3.63) is 29.6 Å². The molecule has 1 aromatic carbocycles. The van der Waals surface area contributed by atoms with Gasteiger partial charge in [-0.2, -0.15) is 0 Å². The molecule has 4 rings (SSSR count). The quantitative estimate of drug-likeness (QED) is 0.803. The van der Waals surface area contributed by atoms with Gasteiger partial charge in [-0.05, 0) is 50.1 Å². The lowest BCUT2D eigenvalue weighted by Crippen LogP contribution is -2.37. The summed E-state index contributed by atoms with van der Waals surface area (Å²) in [5.41, 5.74) is 0.843. The molecule has 2 aliphatic rings. The van der Waals surface area contributed by atoms with Crippen LogP contribution in [0.3, 0.4) is 0 Å². The number of tetrazole rings is 1. The number of ether oxygens (including phenoxy) is 2. The second kappa shape index (κ2) is 8.00. The van der Waals surface area contributed by atoms with Crippen LogP contribution in [0.1, 0.15) is 70.3 Å². The molecule has 1 fully saturated rings. The van der Waals surface area contributed by atoms with Crippen molar-refractivity contribution < 1.29 is 14.3 Å². The van der Waals surface area contributed by atoms with E-state index in [9.17, 15) is 4.79 Å². The second-order valence-corrected chi connectivity index (χ2v) is 8.59. The summed E-state index contributed by atoms with van der Waals surface area (Å²) >= 11 is 0. The Bertz CT molecular complexity index is 873. The summed E-state index contributed by atoms with van der Waals surface area (Å²) in [4.78, 5) is 12.6. The molecule has 1 aliphatic carbocycles. The van der Waals surface area contributed by atoms with Crippen LogP contribution in [0.15, 0.2) is 18.2 Å². The maximum absolute atomic E-state index is 12.6. The largest absolute Gasteiger partial charge is 0.483 e. The molecule has 0 spiro atoms. The number of carbonyl (C=O) groups is 1. The third-order valence-corrected chi connectivity index (χ3v) is 5.63. The Balaban J connectivity index is 1.36. The fourth-order valence-corrected chi connectivity index (χ4v) is 4.17. The van der Waals surface area contributed by atoms with E-state index in [1.165, 1.54) is 19.3 Å². The monoisotopic (exact) mass is 399 g/mol. The van der Waals surface area contributed by atoms with Crippen LogP contribution < -0.4 is 14.8 Å². The normalized spacial score (nSPS) is 19.3. The van der Waals surface area contributed by atoms with Crippen molar-refractivity contribution in [1.29, 1.82) is 0 Å². The van der Waals surface area contributed by atoms with Crippen LogP contribution in [0.4, 0.5) is 0 Å². The fraction of sp³-hybridized carbons (Fsp3) is 0.619. The predicted octanol–water partition coefficient (Wildman–Crippen LogP) is 2.98. The number of hydrogen-bond donors (Lipinski definition) is 1. The molecular weight excluding hydrogens is 370 g/mol. The van der Waals surface area contributed by atoms with Gasteiger partial charge in [0.05, 0.1) is 12.6 Å². The number of rotatable bonds is 6. The molecule has 2 heterocycles. The van der Waals surface area contributed by atoms with Gasteiger partial charge >= 0.3 is 0 Å². The average molecular weight is 399 g/mol. The van der Waals surface area contributed by atoms with Crippen LogP contribution in [0.5, 0.6) is 11.5 Å². The number of carbonyl (C=O) groups excluding carboxylic acids is 1. The molecule has 8 heteroatoms. The first-order chi connectivity index (χ1) is 13.9. The topological polar surface area (TPSA) is 91.2 Å². The summed E-state index contributed by atoms with van der Waals surface area (Å²) < 4.78 is 13.8. The maximum atomic E-state index is 12.6. The van der Waals surface area contributed by atoms with Crippen molar-refractivity contribution in [2.45, 2.75) is 83.6 Å². The van der Waals surface area contributed by atoms with Crippen LogP contribution in [0.25, 0.3) is 0 Å². The molecule has 29 heavy (non-hydrogen) atoms. The molecule has 1 atom stereocenters. The highest BCUT2D eigenvalue weighted by Crippen LogP contribution is 2.42. The summed E-state index contributed by atoms with van der Waals surface area (Å²) in [7, 11) is 0.